The zero-order chi connectivity index (χ0) is 14.6. The lowest BCUT2D eigenvalue weighted by Crippen LogP contribution is -2.39. The molecule has 7 heteroatoms. The zero-order valence-corrected chi connectivity index (χ0v) is 12.3. The second-order valence-electron chi connectivity index (χ2n) is 4.24. The predicted octanol–water partition coefficient (Wildman–Crippen LogP) is 2.20. The Morgan fingerprint density at radius 1 is 1.53 bits per heavy atom. The van der Waals surface area contributed by atoms with E-state index >= 15 is 0 Å². The third-order valence-corrected chi connectivity index (χ3v) is 3.31. The summed E-state index contributed by atoms with van der Waals surface area (Å²) in [6, 6.07) is 3.93. The molecule has 1 aromatic rings. The Kier molecular flexibility index (Phi) is 5.44. The summed E-state index contributed by atoms with van der Waals surface area (Å²) in [4.78, 5) is 24.0. The molecule has 0 radical (unpaired) electrons. The van der Waals surface area contributed by atoms with Crippen molar-refractivity contribution in [2.75, 3.05) is 13.2 Å². The molecule has 0 aromatic heterocycles. The van der Waals surface area contributed by atoms with Crippen LogP contribution in [0.15, 0.2) is 22.7 Å². The molecule has 104 valence electrons. The van der Waals surface area contributed by atoms with Gasteiger partial charge in [-0.05, 0) is 35.8 Å². The van der Waals surface area contributed by atoms with Gasteiger partial charge in [-0.3, -0.25) is 14.9 Å². The molecule has 0 heterocycles. The van der Waals surface area contributed by atoms with Gasteiger partial charge in [0, 0.05) is 29.2 Å². The fraction of sp³-hybridized carbons (Fsp3) is 0.417. The highest BCUT2D eigenvalue weighted by atomic mass is 79.9. The van der Waals surface area contributed by atoms with Crippen LogP contribution in [0.1, 0.15) is 24.2 Å². The minimum absolute atomic E-state index is 0.106. The first kappa shape index (κ1) is 15.6. The molecule has 1 N–H and O–H groups in total. The summed E-state index contributed by atoms with van der Waals surface area (Å²) in [6.07, 6.45) is 0. The smallest absolute Gasteiger partial charge is 0.270 e. The maximum atomic E-state index is 12.3. The summed E-state index contributed by atoms with van der Waals surface area (Å²) in [5.41, 5.74) is 0.0793. The summed E-state index contributed by atoms with van der Waals surface area (Å²) in [5.74, 6) is -0.348. The molecule has 0 unspecified atom stereocenters. The highest BCUT2D eigenvalue weighted by Gasteiger charge is 2.22. The maximum Gasteiger partial charge on any atom is 0.270 e. The fourth-order valence-corrected chi connectivity index (χ4v) is 2.06. The molecule has 0 saturated carbocycles. The van der Waals surface area contributed by atoms with Gasteiger partial charge in [0.2, 0.25) is 0 Å². The predicted molar refractivity (Wildman–Crippen MR) is 74.1 cm³/mol. The number of carbonyl (C=O) groups is 1. The minimum atomic E-state index is -0.547. The van der Waals surface area contributed by atoms with Gasteiger partial charge >= 0.3 is 0 Å². The van der Waals surface area contributed by atoms with Gasteiger partial charge in [0.15, 0.2) is 0 Å². The number of non-ortho nitro benzene ring substituents is 1. The Morgan fingerprint density at radius 2 is 2.16 bits per heavy atom. The van der Waals surface area contributed by atoms with E-state index in [-0.39, 0.29) is 36.4 Å². The summed E-state index contributed by atoms with van der Waals surface area (Å²) in [6.45, 7) is 3.67. The first-order valence-corrected chi connectivity index (χ1v) is 6.53. The van der Waals surface area contributed by atoms with Gasteiger partial charge in [-0.15, -0.1) is 0 Å². The quantitative estimate of drug-likeness (QED) is 0.662. The summed E-state index contributed by atoms with van der Waals surface area (Å²) < 4.78 is 0.492. The van der Waals surface area contributed by atoms with Gasteiger partial charge in [-0.2, -0.15) is 0 Å². The normalized spacial score (nSPS) is 10.6. The highest BCUT2D eigenvalue weighted by molar-refractivity contribution is 9.10. The lowest BCUT2D eigenvalue weighted by Gasteiger charge is -2.26. The third kappa shape index (κ3) is 3.74. The lowest BCUT2D eigenvalue weighted by atomic mass is 10.1. The number of amides is 1. The molecule has 0 atom stereocenters. The van der Waals surface area contributed by atoms with Crippen LogP contribution in [-0.4, -0.2) is 40.0 Å². The SMILES string of the molecule is CC(C)N(CCO)C(=O)c1cc([N+](=O)[O-])ccc1Br. The van der Waals surface area contributed by atoms with Gasteiger partial charge < -0.3 is 10.0 Å². The van der Waals surface area contributed by atoms with E-state index in [2.05, 4.69) is 15.9 Å². The number of hydrogen-bond acceptors (Lipinski definition) is 4. The molecule has 1 amide bonds. The number of rotatable bonds is 5. The molecule has 0 fully saturated rings. The van der Waals surface area contributed by atoms with E-state index in [0.29, 0.717) is 4.47 Å². The topological polar surface area (TPSA) is 83.7 Å². The Labute approximate surface area is 119 Å². The van der Waals surface area contributed by atoms with Crippen molar-refractivity contribution >= 4 is 27.5 Å². The van der Waals surface area contributed by atoms with Crippen LogP contribution in [0.4, 0.5) is 5.69 Å². The summed E-state index contributed by atoms with van der Waals surface area (Å²) in [5, 5.41) is 19.7. The van der Waals surface area contributed by atoms with Gasteiger partial charge in [0.05, 0.1) is 17.1 Å². The molecule has 0 aliphatic carbocycles. The second-order valence-corrected chi connectivity index (χ2v) is 5.09. The molecule has 0 spiro atoms. The molecule has 6 nitrogen and oxygen atoms in total. The number of nitro groups is 1. The van der Waals surface area contributed by atoms with Crippen LogP contribution in [-0.2, 0) is 0 Å². The molecular weight excluding hydrogens is 316 g/mol. The zero-order valence-electron chi connectivity index (χ0n) is 10.7. The van der Waals surface area contributed by atoms with E-state index in [1.165, 1.54) is 23.1 Å². The average molecular weight is 331 g/mol. The molecule has 1 aromatic carbocycles. The van der Waals surface area contributed by atoms with Crippen LogP contribution in [0, 0.1) is 10.1 Å². The number of hydrogen-bond donors (Lipinski definition) is 1. The third-order valence-electron chi connectivity index (χ3n) is 2.62. The van der Waals surface area contributed by atoms with E-state index in [9.17, 15) is 14.9 Å². The molecule has 0 bridgehead atoms. The Hall–Kier alpha value is -1.47. The van der Waals surface area contributed by atoms with Crippen LogP contribution >= 0.6 is 15.9 Å². The monoisotopic (exact) mass is 330 g/mol. The average Bonchev–Trinajstić information content (AvgIpc) is 2.35. The van der Waals surface area contributed by atoms with Crippen molar-refractivity contribution in [2.24, 2.45) is 0 Å². The van der Waals surface area contributed by atoms with Crippen molar-refractivity contribution in [3.05, 3.63) is 38.3 Å². The minimum Gasteiger partial charge on any atom is -0.395 e. The van der Waals surface area contributed by atoms with Crippen LogP contribution in [0.3, 0.4) is 0 Å². The second kappa shape index (κ2) is 6.63. The summed E-state index contributed by atoms with van der Waals surface area (Å²) >= 11 is 3.22. The van der Waals surface area contributed by atoms with Gasteiger partial charge in [-0.1, -0.05) is 0 Å². The van der Waals surface area contributed by atoms with E-state index < -0.39 is 4.92 Å². The van der Waals surface area contributed by atoms with Crippen molar-refractivity contribution in [3.63, 3.8) is 0 Å². The van der Waals surface area contributed by atoms with Crippen molar-refractivity contribution < 1.29 is 14.8 Å². The van der Waals surface area contributed by atoms with Crippen molar-refractivity contribution in [3.8, 4) is 0 Å². The Balaban J connectivity index is 3.16. The molecular formula is C12H15BrN2O4. The number of nitro benzene ring substituents is 1. The number of carbonyl (C=O) groups excluding carboxylic acids is 1. The number of aliphatic hydroxyl groups excluding tert-OH is 1. The maximum absolute atomic E-state index is 12.3. The highest BCUT2D eigenvalue weighted by Crippen LogP contribution is 2.24. The van der Waals surface area contributed by atoms with Crippen LogP contribution in [0.2, 0.25) is 0 Å². The van der Waals surface area contributed by atoms with Crippen molar-refractivity contribution in [1.82, 2.24) is 4.90 Å². The van der Waals surface area contributed by atoms with Crippen molar-refractivity contribution in [2.45, 2.75) is 19.9 Å². The molecule has 0 aliphatic heterocycles. The molecule has 1 rings (SSSR count). The standard InChI is InChI=1S/C12H15BrN2O4/c1-8(2)14(5-6-16)12(17)10-7-9(15(18)19)3-4-11(10)13/h3-4,7-8,16H,5-6H2,1-2H3. The Bertz CT molecular complexity index is 491. The van der Waals surface area contributed by atoms with Gasteiger partial charge in [0.1, 0.15) is 0 Å². The Morgan fingerprint density at radius 3 is 2.63 bits per heavy atom. The molecule has 19 heavy (non-hydrogen) atoms. The van der Waals surface area contributed by atoms with Crippen LogP contribution in [0.5, 0.6) is 0 Å². The lowest BCUT2D eigenvalue weighted by molar-refractivity contribution is -0.384. The first-order chi connectivity index (χ1) is 8.88. The number of aliphatic hydroxyl groups is 1. The largest absolute Gasteiger partial charge is 0.395 e. The van der Waals surface area contributed by atoms with Crippen molar-refractivity contribution in [1.29, 1.82) is 0 Å². The number of benzene rings is 1. The number of halogens is 1. The summed E-state index contributed by atoms with van der Waals surface area (Å²) in [7, 11) is 0. The molecule has 0 saturated heterocycles. The van der Waals surface area contributed by atoms with Crippen LogP contribution in [0.25, 0.3) is 0 Å². The van der Waals surface area contributed by atoms with Crippen LogP contribution < -0.4 is 0 Å². The van der Waals surface area contributed by atoms with E-state index in [0.717, 1.165) is 0 Å². The van der Waals surface area contributed by atoms with Gasteiger partial charge in [0.25, 0.3) is 11.6 Å². The van der Waals surface area contributed by atoms with E-state index in [4.69, 9.17) is 5.11 Å². The first-order valence-electron chi connectivity index (χ1n) is 5.74. The fourth-order valence-electron chi connectivity index (χ4n) is 1.65. The van der Waals surface area contributed by atoms with E-state index in [1.54, 1.807) is 0 Å². The van der Waals surface area contributed by atoms with E-state index in [1.807, 2.05) is 13.8 Å². The van der Waals surface area contributed by atoms with Gasteiger partial charge in [-0.25, -0.2) is 0 Å². The number of nitrogens with zero attached hydrogens (tertiary/aromatic N) is 2. The molecule has 0 aliphatic rings.